The predicted molar refractivity (Wildman–Crippen MR) is 312 cm³/mol. The van der Waals surface area contributed by atoms with Crippen LogP contribution in [0.15, 0.2) is 0 Å². The molecule has 0 saturated heterocycles. The Hall–Kier alpha value is -0.690. The Balaban J connectivity index is 3.53. The van der Waals surface area contributed by atoms with Crippen LogP contribution in [0.1, 0.15) is 380 Å². The van der Waals surface area contributed by atoms with Crippen LogP contribution in [0.2, 0.25) is 0 Å². The highest BCUT2D eigenvalue weighted by molar-refractivity contribution is 5.80. The zero-order valence-corrected chi connectivity index (χ0v) is 48.5. The van der Waals surface area contributed by atoms with Crippen molar-refractivity contribution in [3.63, 3.8) is 0 Å². The molecule has 0 radical (unpaired) electrons. The van der Waals surface area contributed by atoms with E-state index in [-0.39, 0.29) is 0 Å². The minimum absolute atomic E-state index is 0.377. The average Bonchev–Trinajstić information content (AvgIpc) is 3.38. The monoisotopic (exact) mass is 1010 g/mol. The molecule has 6 nitrogen and oxygen atoms in total. The molecule has 0 aliphatic rings. The molecule has 0 saturated carbocycles. The van der Waals surface area contributed by atoms with E-state index in [1.54, 1.807) is 0 Å². The van der Waals surface area contributed by atoms with Crippen LogP contribution in [0.4, 0.5) is 0 Å². The summed E-state index contributed by atoms with van der Waals surface area (Å²) in [5, 5.41) is 44.2. The number of carbonyl (C=O) groups excluding carboxylic acids is 1. The summed E-state index contributed by atoms with van der Waals surface area (Å²) >= 11 is 0. The zero-order chi connectivity index (χ0) is 51.6. The van der Waals surface area contributed by atoms with Crippen LogP contribution in [0.3, 0.4) is 0 Å². The molecule has 426 valence electrons. The molecule has 0 aromatic heterocycles. The highest BCUT2D eigenvalue weighted by Gasteiger charge is 2.28. The van der Waals surface area contributed by atoms with E-state index in [4.69, 9.17) is 0 Å². The quantitative estimate of drug-likeness (QED) is 0.0390. The molecule has 0 aliphatic heterocycles. The number of hydrogen-bond donors (Lipinski definition) is 5. The predicted octanol–water partition coefficient (Wildman–Crippen LogP) is 19.8. The molecule has 0 spiro atoms. The number of nitrogens with one attached hydrogen (secondary N) is 1. The average molecular weight is 1010 g/mol. The lowest BCUT2D eigenvalue weighted by molar-refractivity contribution is -0.132. The Morgan fingerprint density at radius 2 is 0.479 bits per heavy atom. The van der Waals surface area contributed by atoms with E-state index >= 15 is 0 Å². The maximum absolute atomic E-state index is 12.6. The van der Waals surface area contributed by atoms with Gasteiger partial charge in [0, 0.05) is 0 Å². The highest BCUT2D eigenvalue weighted by Crippen LogP contribution is 2.20. The van der Waals surface area contributed by atoms with Crippen molar-refractivity contribution in [3.8, 4) is 0 Å². The number of carbonyl (C=O) groups is 1. The van der Waals surface area contributed by atoms with E-state index in [2.05, 4.69) is 19.2 Å². The first-order valence-electron chi connectivity index (χ1n) is 32.9. The van der Waals surface area contributed by atoms with Gasteiger partial charge in [0.05, 0.1) is 18.8 Å². The molecule has 0 heterocycles. The van der Waals surface area contributed by atoms with Crippen molar-refractivity contribution in [2.24, 2.45) is 0 Å². The third kappa shape index (κ3) is 53.9. The van der Waals surface area contributed by atoms with Crippen LogP contribution in [-0.4, -0.2) is 57.3 Å². The van der Waals surface area contributed by atoms with E-state index in [1.807, 2.05) is 0 Å². The van der Waals surface area contributed by atoms with Crippen LogP contribution < -0.4 is 5.32 Å². The standard InChI is InChI=1S/C65H131NO5/c1-3-5-7-9-11-13-15-17-19-21-23-25-27-29-31-33-35-37-39-41-43-45-47-49-51-53-55-57-59-63(69)65(71)66-61(60-67)64(70)62(68)58-56-54-52-50-48-46-44-42-40-38-36-34-32-30-28-26-24-22-20-18-16-14-12-10-8-6-4-2/h61-64,67-70H,3-60H2,1-2H3,(H,66,71). The Labute approximate surface area is 445 Å². The summed E-state index contributed by atoms with van der Waals surface area (Å²) in [5.41, 5.74) is 0. The van der Waals surface area contributed by atoms with Gasteiger partial charge in [-0.2, -0.15) is 0 Å². The summed E-state index contributed by atoms with van der Waals surface area (Å²) < 4.78 is 0. The smallest absolute Gasteiger partial charge is 0.249 e. The first-order valence-corrected chi connectivity index (χ1v) is 32.9. The van der Waals surface area contributed by atoms with Gasteiger partial charge in [-0.15, -0.1) is 0 Å². The summed E-state index contributed by atoms with van der Waals surface area (Å²) in [6.45, 7) is 4.12. The Morgan fingerprint density at radius 1 is 0.296 bits per heavy atom. The number of hydrogen-bond acceptors (Lipinski definition) is 5. The summed E-state index contributed by atoms with van der Waals surface area (Å²) in [5.74, 6) is -0.573. The first kappa shape index (κ1) is 70.3. The van der Waals surface area contributed by atoms with E-state index in [1.165, 1.54) is 315 Å². The number of unbranched alkanes of at least 4 members (excludes halogenated alkanes) is 53. The second kappa shape index (κ2) is 60.2. The molecule has 0 rings (SSSR count). The zero-order valence-electron chi connectivity index (χ0n) is 48.5. The first-order chi connectivity index (χ1) is 35.0. The number of aliphatic hydroxyl groups is 4. The van der Waals surface area contributed by atoms with Crippen molar-refractivity contribution in [1.29, 1.82) is 0 Å². The Kier molecular flexibility index (Phi) is 59.6. The summed E-state index contributed by atoms with van der Waals surface area (Å²) in [4.78, 5) is 12.6. The lowest BCUT2D eigenvalue weighted by atomic mass is 9.99. The number of amides is 1. The molecule has 0 aliphatic carbocycles. The molecule has 6 heteroatoms. The second-order valence-corrected chi connectivity index (χ2v) is 23.2. The lowest BCUT2D eigenvalue weighted by Gasteiger charge is -2.27. The molecule has 0 bridgehead atoms. The maximum Gasteiger partial charge on any atom is 0.249 e. The molecule has 0 aromatic rings. The third-order valence-corrected chi connectivity index (χ3v) is 16.1. The number of rotatable bonds is 62. The SMILES string of the molecule is CCCCCCCCCCCCCCCCCCCCCCCCCCCCCCC(O)C(=O)NC(CO)C(O)C(O)CCCCCCCCCCCCCCCCCCCCCCCCCCCCC. The van der Waals surface area contributed by atoms with Gasteiger partial charge in [0.2, 0.25) is 5.91 Å². The van der Waals surface area contributed by atoms with Gasteiger partial charge < -0.3 is 25.7 Å². The van der Waals surface area contributed by atoms with Gasteiger partial charge in [-0.3, -0.25) is 4.79 Å². The van der Waals surface area contributed by atoms with E-state index in [9.17, 15) is 25.2 Å². The molecule has 0 aromatic carbocycles. The third-order valence-electron chi connectivity index (χ3n) is 16.1. The lowest BCUT2D eigenvalue weighted by Crippen LogP contribution is -2.53. The van der Waals surface area contributed by atoms with Crippen molar-refractivity contribution < 1.29 is 25.2 Å². The summed E-state index contributed by atoms with van der Waals surface area (Å²) in [6, 6.07) is -0.982. The van der Waals surface area contributed by atoms with Crippen LogP contribution in [-0.2, 0) is 4.79 Å². The normalized spacial score (nSPS) is 13.5. The molecule has 1 amide bonds. The fraction of sp³-hybridized carbons (Fsp3) is 0.985. The molecule has 0 fully saturated rings. The highest BCUT2D eigenvalue weighted by atomic mass is 16.3. The second-order valence-electron chi connectivity index (χ2n) is 23.2. The molecular formula is C65H131NO5. The van der Waals surface area contributed by atoms with Crippen molar-refractivity contribution in [3.05, 3.63) is 0 Å². The van der Waals surface area contributed by atoms with Crippen molar-refractivity contribution in [2.45, 2.75) is 404 Å². The summed E-state index contributed by atoms with van der Waals surface area (Å²) in [6.07, 6.45) is 72.1. The fourth-order valence-electron chi connectivity index (χ4n) is 10.9. The Bertz CT molecular complexity index is 995. The van der Waals surface area contributed by atoms with Crippen molar-refractivity contribution >= 4 is 5.91 Å². The maximum atomic E-state index is 12.6. The summed E-state index contributed by atoms with van der Waals surface area (Å²) in [7, 11) is 0. The van der Waals surface area contributed by atoms with E-state index in [0.29, 0.717) is 12.8 Å². The van der Waals surface area contributed by atoms with E-state index in [0.717, 1.165) is 38.5 Å². The molecule has 4 atom stereocenters. The van der Waals surface area contributed by atoms with Gasteiger partial charge in [-0.25, -0.2) is 0 Å². The Morgan fingerprint density at radius 3 is 0.676 bits per heavy atom. The van der Waals surface area contributed by atoms with Gasteiger partial charge >= 0.3 is 0 Å². The topological polar surface area (TPSA) is 110 Å². The molecule has 4 unspecified atom stereocenters. The molecular weight excluding hydrogens is 875 g/mol. The van der Waals surface area contributed by atoms with Gasteiger partial charge in [-0.1, -0.05) is 367 Å². The van der Waals surface area contributed by atoms with Crippen LogP contribution >= 0.6 is 0 Å². The van der Waals surface area contributed by atoms with Crippen LogP contribution in [0.5, 0.6) is 0 Å². The molecule has 71 heavy (non-hydrogen) atoms. The van der Waals surface area contributed by atoms with Gasteiger partial charge in [-0.05, 0) is 12.8 Å². The van der Waals surface area contributed by atoms with Gasteiger partial charge in [0.1, 0.15) is 12.2 Å². The fourth-order valence-corrected chi connectivity index (χ4v) is 10.9. The van der Waals surface area contributed by atoms with Gasteiger partial charge in [0.15, 0.2) is 0 Å². The van der Waals surface area contributed by atoms with Gasteiger partial charge in [0.25, 0.3) is 0 Å². The largest absolute Gasteiger partial charge is 0.394 e. The van der Waals surface area contributed by atoms with Crippen LogP contribution in [0, 0.1) is 0 Å². The number of aliphatic hydroxyl groups excluding tert-OH is 4. The van der Waals surface area contributed by atoms with Crippen molar-refractivity contribution in [1.82, 2.24) is 5.32 Å². The molecule has 5 N–H and O–H groups in total. The van der Waals surface area contributed by atoms with E-state index < -0.39 is 36.9 Å². The minimum atomic E-state index is -1.26. The minimum Gasteiger partial charge on any atom is -0.394 e. The van der Waals surface area contributed by atoms with Crippen LogP contribution in [0.25, 0.3) is 0 Å². The van der Waals surface area contributed by atoms with Crippen molar-refractivity contribution in [2.75, 3.05) is 6.61 Å².